The van der Waals surface area contributed by atoms with Gasteiger partial charge in [0.2, 0.25) is 5.75 Å². The molecule has 5 nitrogen and oxygen atoms in total. The number of anilines is 1. The van der Waals surface area contributed by atoms with Crippen molar-refractivity contribution in [3.63, 3.8) is 0 Å². The van der Waals surface area contributed by atoms with E-state index in [2.05, 4.69) is 5.32 Å². The first-order valence-electron chi connectivity index (χ1n) is 6.81. The summed E-state index contributed by atoms with van der Waals surface area (Å²) in [6.45, 7) is 0. The van der Waals surface area contributed by atoms with Gasteiger partial charge in [-0.1, -0.05) is 17.7 Å². The second-order valence-corrected chi connectivity index (χ2v) is 5.41. The molecule has 0 fully saturated rings. The minimum atomic E-state index is -0.215. The van der Waals surface area contributed by atoms with Crippen LogP contribution in [0.1, 0.15) is 11.1 Å². The lowest BCUT2D eigenvalue weighted by atomic mass is 10.0. The maximum Gasteiger partial charge on any atom is 0.256 e. The number of rotatable bonds is 3. The van der Waals surface area contributed by atoms with E-state index in [1.807, 2.05) is 0 Å². The third kappa shape index (κ3) is 2.71. The molecule has 6 heteroatoms. The lowest BCUT2D eigenvalue weighted by molar-refractivity contribution is -0.110. The number of ether oxygens (including phenoxy) is 2. The SMILES string of the molecule is COc1cc(/C=C2/C(=O)Nc3cc(Cl)ccc32)cc(OC)c1O. The molecule has 2 N–H and O–H groups in total. The van der Waals surface area contributed by atoms with Gasteiger partial charge in [-0.25, -0.2) is 0 Å². The predicted octanol–water partition coefficient (Wildman–Crippen LogP) is 3.56. The predicted molar refractivity (Wildman–Crippen MR) is 89.2 cm³/mol. The van der Waals surface area contributed by atoms with Crippen molar-refractivity contribution < 1.29 is 19.4 Å². The number of phenolic OH excluding ortho intramolecular Hbond substituents is 1. The van der Waals surface area contributed by atoms with Crippen molar-refractivity contribution >= 4 is 34.8 Å². The molecule has 0 radical (unpaired) electrons. The minimum Gasteiger partial charge on any atom is -0.502 e. The van der Waals surface area contributed by atoms with Crippen LogP contribution in [0.15, 0.2) is 30.3 Å². The van der Waals surface area contributed by atoms with Crippen LogP contribution in [0.3, 0.4) is 0 Å². The van der Waals surface area contributed by atoms with Gasteiger partial charge in [-0.2, -0.15) is 0 Å². The van der Waals surface area contributed by atoms with Crippen LogP contribution in [0.2, 0.25) is 5.02 Å². The molecule has 0 aromatic heterocycles. The van der Waals surface area contributed by atoms with E-state index >= 15 is 0 Å². The number of benzene rings is 2. The van der Waals surface area contributed by atoms with E-state index in [9.17, 15) is 9.90 Å². The smallest absolute Gasteiger partial charge is 0.256 e. The molecule has 1 aliphatic heterocycles. The standard InChI is InChI=1S/C17H14ClNO4/c1-22-14-6-9(7-15(23-2)16(14)20)5-12-11-4-3-10(18)8-13(11)19-17(12)21/h3-8,20H,1-2H3,(H,19,21)/b12-5+. The van der Waals surface area contributed by atoms with Crippen LogP contribution < -0.4 is 14.8 Å². The van der Waals surface area contributed by atoms with Crippen LogP contribution in [0.4, 0.5) is 5.69 Å². The highest BCUT2D eigenvalue weighted by atomic mass is 35.5. The van der Waals surface area contributed by atoms with Crippen LogP contribution in [-0.2, 0) is 4.79 Å². The van der Waals surface area contributed by atoms with Crippen molar-refractivity contribution in [3.05, 3.63) is 46.5 Å². The average molecular weight is 332 g/mol. The molecule has 2 aromatic carbocycles. The summed E-state index contributed by atoms with van der Waals surface area (Å²) in [7, 11) is 2.90. The monoisotopic (exact) mass is 331 g/mol. The summed E-state index contributed by atoms with van der Waals surface area (Å²) in [5.41, 5.74) is 2.62. The zero-order valence-electron chi connectivity index (χ0n) is 12.5. The minimum absolute atomic E-state index is 0.0831. The van der Waals surface area contributed by atoms with Gasteiger partial charge in [-0.3, -0.25) is 4.79 Å². The molecule has 0 spiro atoms. The number of methoxy groups -OCH3 is 2. The van der Waals surface area contributed by atoms with Gasteiger partial charge in [0.25, 0.3) is 5.91 Å². The van der Waals surface area contributed by atoms with Gasteiger partial charge in [0.15, 0.2) is 11.5 Å². The molecule has 1 aliphatic rings. The second-order valence-electron chi connectivity index (χ2n) is 4.98. The lowest BCUT2D eigenvalue weighted by Gasteiger charge is -2.09. The number of hydrogen-bond acceptors (Lipinski definition) is 4. The largest absolute Gasteiger partial charge is 0.502 e. The van der Waals surface area contributed by atoms with Gasteiger partial charge in [0, 0.05) is 16.2 Å². The summed E-state index contributed by atoms with van der Waals surface area (Å²) in [5, 5.41) is 13.3. The molecule has 0 atom stereocenters. The Morgan fingerprint density at radius 3 is 2.39 bits per heavy atom. The molecule has 0 aliphatic carbocycles. The number of aromatic hydroxyl groups is 1. The third-order valence-electron chi connectivity index (χ3n) is 3.58. The van der Waals surface area contributed by atoms with Crippen LogP contribution >= 0.6 is 11.6 Å². The second kappa shape index (κ2) is 5.85. The summed E-state index contributed by atoms with van der Waals surface area (Å²) in [6, 6.07) is 8.48. The Bertz CT molecular complexity index is 804. The highest BCUT2D eigenvalue weighted by Gasteiger charge is 2.24. The summed E-state index contributed by atoms with van der Waals surface area (Å²) in [5.74, 6) is 0.241. The number of hydrogen-bond donors (Lipinski definition) is 2. The molecule has 3 rings (SSSR count). The van der Waals surface area contributed by atoms with Crippen LogP contribution in [-0.4, -0.2) is 25.2 Å². The number of carbonyl (C=O) groups is 1. The fraction of sp³-hybridized carbons (Fsp3) is 0.118. The molecule has 1 heterocycles. The van der Waals surface area contributed by atoms with Gasteiger partial charge in [-0.15, -0.1) is 0 Å². The fourth-order valence-corrected chi connectivity index (χ4v) is 2.65. The first-order valence-corrected chi connectivity index (χ1v) is 7.19. The van der Waals surface area contributed by atoms with E-state index in [1.165, 1.54) is 14.2 Å². The molecule has 0 bridgehead atoms. The van der Waals surface area contributed by atoms with Gasteiger partial charge < -0.3 is 19.9 Å². The average Bonchev–Trinajstić information content (AvgIpc) is 2.83. The number of fused-ring (bicyclic) bond motifs is 1. The Kier molecular flexibility index (Phi) is 3.88. The van der Waals surface area contributed by atoms with Crippen molar-refractivity contribution in [3.8, 4) is 17.2 Å². The van der Waals surface area contributed by atoms with Crippen LogP contribution in [0, 0.1) is 0 Å². The van der Waals surface area contributed by atoms with Crippen molar-refractivity contribution in [2.75, 3.05) is 19.5 Å². The summed E-state index contributed by atoms with van der Waals surface area (Å²) in [4.78, 5) is 12.2. The van der Waals surface area contributed by atoms with E-state index in [0.717, 1.165) is 5.56 Å². The first kappa shape index (κ1) is 15.2. The zero-order valence-corrected chi connectivity index (χ0v) is 13.3. The number of nitrogens with one attached hydrogen (secondary N) is 1. The number of carbonyl (C=O) groups excluding carboxylic acids is 1. The van der Waals surface area contributed by atoms with E-state index in [-0.39, 0.29) is 23.2 Å². The molecule has 23 heavy (non-hydrogen) atoms. The van der Waals surface area contributed by atoms with Crippen molar-refractivity contribution in [1.29, 1.82) is 0 Å². The van der Waals surface area contributed by atoms with Gasteiger partial charge >= 0.3 is 0 Å². The van der Waals surface area contributed by atoms with E-state index < -0.39 is 0 Å². The van der Waals surface area contributed by atoms with E-state index in [1.54, 1.807) is 36.4 Å². The first-order chi connectivity index (χ1) is 11.0. The van der Waals surface area contributed by atoms with Crippen molar-refractivity contribution in [2.45, 2.75) is 0 Å². The van der Waals surface area contributed by atoms with Gasteiger partial charge in [0.05, 0.1) is 19.9 Å². The highest BCUT2D eigenvalue weighted by molar-refractivity contribution is 6.36. The lowest BCUT2D eigenvalue weighted by Crippen LogP contribution is -2.03. The Morgan fingerprint density at radius 2 is 1.78 bits per heavy atom. The Morgan fingerprint density at radius 1 is 1.13 bits per heavy atom. The quantitative estimate of drug-likeness (QED) is 0.844. The maximum absolute atomic E-state index is 12.2. The summed E-state index contributed by atoms with van der Waals surface area (Å²) in [6.07, 6.45) is 1.71. The van der Waals surface area contributed by atoms with Crippen molar-refractivity contribution in [1.82, 2.24) is 0 Å². The van der Waals surface area contributed by atoms with Gasteiger partial charge in [-0.05, 0) is 35.9 Å². The fourth-order valence-electron chi connectivity index (χ4n) is 2.47. The Labute approximate surface area is 138 Å². The topological polar surface area (TPSA) is 67.8 Å². The summed E-state index contributed by atoms with van der Waals surface area (Å²) >= 11 is 5.94. The molecule has 0 saturated heterocycles. The van der Waals surface area contributed by atoms with Crippen molar-refractivity contribution in [2.24, 2.45) is 0 Å². The maximum atomic E-state index is 12.2. The molecule has 118 valence electrons. The summed E-state index contributed by atoms with van der Waals surface area (Å²) < 4.78 is 10.3. The number of halogens is 1. The van der Waals surface area contributed by atoms with Gasteiger partial charge in [0.1, 0.15) is 0 Å². The molecule has 2 aromatic rings. The van der Waals surface area contributed by atoms with Crippen LogP contribution in [0.5, 0.6) is 17.2 Å². The van der Waals surface area contributed by atoms with Crippen LogP contribution in [0.25, 0.3) is 11.6 Å². The molecule has 0 saturated carbocycles. The molecular formula is C17H14ClNO4. The van der Waals surface area contributed by atoms with E-state index in [4.69, 9.17) is 21.1 Å². The zero-order chi connectivity index (χ0) is 16.6. The Hall–Kier alpha value is -2.66. The molecule has 1 amide bonds. The van der Waals surface area contributed by atoms with E-state index in [0.29, 0.717) is 21.8 Å². The normalized spacial score (nSPS) is 14.6. The number of phenols is 1. The number of amides is 1. The molecule has 0 unspecified atom stereocenters. The molecular weight excluding hydrogens is 318 g/mol. The highest BCUT2D eigenvalue weighted by Crippen LogP contribution is 2.40. The Balaban J connectivity index is 2.11. The third-order valence-corrected chi connectivity index (χ3v) is 3.81.